The zero-order chi connectivity index (χ0) is 17.4. The zero-order valence-electron chi connectivity index (χ0n) is 15.4. The lowest BCUT2D eigenvalue weighted by Gasteiger charge is -2.20. The highest BCUT2D eigenvalue weighted by molar-refractivity contribution is 6.01. The van der Waals surface area contributed by atoms with Gasteiger partial charge in [0.1, 0.15) is 0 Å². The molecule has 0 spiro atoms. The first-order chi connectivity index (χ1) is 11.0. The molecular weight excluding hydrogens is 288 g/mol. The number of hydrogen-bond donors (Lipinski definition) is 2. The van der Waals surface area contributed by atoms with Crippen LogP contribution in [-0.4, -0.2) is 47.6 Å². The summed E-state index contributed by atoms with van der Waals surface area (Å²) >= 11 is 0. The Morgan fingerprint density at radius 3 is 2.00 bits per heavy atom. The number of guanidine groups is 1. The molecule has 5 nitrogen and oxygen atoms in total. The Balaban J connectivity index is 3.00. The third kappa shape index (κ3) is 4.98. The van der Waals surface area contributed by atoms with Crippen molar-refractivity contribution in [2.24, 2.45) is 0 Å². The first kappa shape index (κ1) is 19.0. The summed E-state index contributed by atoms with van der Waals surface area (Å²) in [5.74, 6) is 0.865. The number of carbonyl (C=O) groups excluding carboxylic acids is 1. The van der Waals surface area contributed by atoms with Crippen LogP contribution in [0.4, 0.5) is 10.5 Å². The van der Waals surface area contributed by atoms with E-state index in [9.17, 15) is 4.79 Å². The van der Waals surface area contributed by atoms with Crippen LogP contribution in [0.25, 0.3) is 0 Å². The molecule has 1 aromatic rings. The molecule has 0 aliphatic rings. The first-order valence-electron chi connectivity index (χ1n) is 8.49. The predicted molar refractivity (Wildman–Crippen MR) is 97.3 cm³/mol. The number of hydrogen-bond acceptors (Lipinski definition) is 1. The van der Waals surface area contributed by atoms with Crippen molar-refractivity contribution in [3.63, 3.8) is 0 Å². The molecule has 0 aliphatic heterocycles. The molecule has 0 aliphatic carbocycles. The minimum absolute atomic E-state index is 0.198. The molecule has 1 rings (SSSR count). The van der Waals surface area contributed by atoms with Crippen molar-refractivity contribution >= 4 is 17.7 Å². The molecule has 0 fully saturated rings. The van der Waals surface area contributed by atoms with Crippen molar-refractivity contribution in [3.05, 3.63) is 29.3 Å². The van der Waals surface area contributed by atoms with E-state index in [-0.39, 0.29) is 6.03 Å². The van der Waals surface area contributed by atoms with Gasteiger partial charge in [0, 0.05) is 5.69 Å². The largest absolute Gasteiger partial charge is 0.384 e. The Morgan fingerprint density at radius 2 is 1.57 bits per heavy atom. The number of urea groups is 1. The number of nitrogens with one attached hydrogen (secondary N) is 2. The van der Waals surface area contributed by atoms with E-state index in [1.165, 1.54) is 0 Å². The molecule has 23 heavy (non-hydrogen) atoms. The highest BCUT2D eigenvalue weighted by Gasteiger charge is 2.22. The summed E-state index contributed by atoms with van der Waals surface area (Å²) in [7, 11) is 0. The average molecular weight is 319 g/mol. The maximum atomic E-state index is 12.5. The van der Waals surface area contributed by atoms with Crippen LogP contribution in [0.3, 0.4) is 0 Å². The molecule has 1 aromatic carbocycles. The lowest BCUT2D eigenvalue weighted by atomic mass is 10.1. The van der Waals surface area contributed by atoms with Gasteiger partial charge in [0.15, 0.2) is 0 Å². The minimum atomic E-state index is -0.198. The van der Waals surface area contributed by atoms with Gasteiger partial charge in [0.05, 0.1) is 26.2 Å². The van der Waals surface area contributed by atoms with Crippen LogP contribution >= 0.6 is 0 Å². The number of benzene rings is 1. The zero-order valence-corrected chi connectivity index (χ0v) is 15.4. The summed E-state index contributed by atoms with van der Waals surface area (Å²) < 4.78 is 2.16. The van der Waals surface area contributed by atoms with Crippen molar-refractivity contribution in [2.45, 2.75) is 41.5 Å². The lowest BCUT2D eigenvalue weighted by Crippen LogP contribution is -2.51. The summed E-state index contributed by atoms with van der Waals surface area (Å²) in [4.78, 5) is 14.7. The van der Waals surface area contributed by atoms with Crippen molar-refractivity contribution in [1.82, 2.24) is 10.2 Å². The Labute approximate surface area is 140 Å². The molecule has 2 N–H and O–H groups in total. The van der Waals surface area contributed by atoms with E-state index in [1.54, 1.807) is 0 Å². The smallest absolute Gasteiger partial charge is 0.294 e. The fraction of sp³-hybridized carbons (Fsp3) is 0.556. The van der Waals surface area contributed by atoms with E-state index in [0.29, 0.717) is 0 Å². The molecule has 5 heteroatoms. The lowest BCUT2D eigenvalue weighted by molar-refractivity contribution is -0.527. The molecule has 0 atom stereocenters. The monoisotopic (exact) mass is 319 g/mol. The fourth-order valence-electron chi connectivity index (χ4n) is 2.66. The SMILES string of the molecule is CCN(CC)C(NC(=O)Nc1c(C)cccc1C)=[N+](CC)CC. The number of aryl methyl sites for hydroxylation is 2. The van der Waals surface area contributed by atoms with Gasteiger partial charge in [0.2, 0.25) is 0 Å². The summed E-state index contributed by atoms with van der Waals surface area (Å²) in [6.07, 6.45) is 0. The second kappa shape index (κ2) is 9.18. The highest BCUT2D eigenvalue weighted by atomic mass is 16.2. The standard InChI is InChI=1S/C18H30N4O/c1-7-21(8-2)18(22(9-3)10-4)20-17(23)19-16-14(5)12-11-13-15(16)6/h11-13H,7-10H2,1-6H3,(H,19,23)/p+1. The van der Waals surface area contributed by atoms with Crippen LogP contribution in [0.15, 0.2) is 18.2 Å². The quantitative estimate of drug-likeness (QED) is 0.497. The van der Waals surface area contributed by atoms with Crippen LogP contribution < -0.4 is 10.6 Å². The second-order valence-corrected chi connectivity index (χ2v) is 5.51. The van der Waals surface area contributed by atoms with E-state index >= 15 is 0 Å². The second-order valence-electron chi connectivity index (χ2n) is 5.51. The van der Waals surface area contributed by atoms with Crippen molar-refractivity contribution in [3.8, 4) is 0 Å². The number of carbonyl (C=O) groups is 1. The summed E-state index contributed by atoms with van der Waals surface area (Å²) in [5.41, 5.74) is 3.00. The van der Waals surface area contributed by atoms with Crippen molar-refractivity contribution < 1.29 is 9.37 Å². The molecule has 2 amide bonds. The molecule has 0 radical (unpaired) electrons. The minimum Gasteiger partial charge on any atom is -0.294 e. The number of amides is 2. The van der Waals surface area contributed by atoms with Crippen molar-refractivity contribution in [2.75, 3.05) is 31.5 Å². The topological polar surface area (TPSA) is 47.4 Å². The third-order valence-electron chi connectivity index (χ3n) is 4.07. The van der Waals surface area contributed by atoms with E-state index < -0.39 is 0 Å². The van der Waals surface area contributed by atoms with Gasteiger partial charge in [-0.25, -0.2) is 4.79 Å². The van der Waals surface area contributed by atoms with E-state index in [4.69, 9.17) is 0 Å². The van der Waals surface area contributed by atoms with Gasteiger partial charge in [-0.05, 0) is 52.7 Å². The molecule has 0 unspecified atom stereocenters. The van der Waals surface area contributed by atoms with Gasteiger partial charge < -0.3 is 0 Å². The maximum Gasteiger partial charge on any atom is 0.384 e. The Hall–Kier alpha value is -2.04. The normalized spacial score (nSPS) is 10.2. The van der Waals surface area contributed by atoms with Crippen molar-refractivity contribution in [1.29, 1.82) is 0 Å². The van der Waals surface area contributed by atoms with Gasteiger partial charge in [0.25, 0.3) is 0 Å². The molecule has 0 saturated heterocycles. The van der Waals surface area contributed by atoms with E-state index in [0.717, 1.165) is 49.0 Å². The van der Waals surface area contributed by atoms with Crippen LogP contribution in [0, 0.1) is 13.8 Å². The van der Waals surface area contributed by atoms with Gasteiger partial charge >= 0.3 is 12.0 Å². The van der Waals surface area contributed by atoms with Gasteiger partial charge in [-0.3, -0.25) is 14.8 Å². The molecule has 0 saturated carbocycles. The first-order valence-corrected chi connectivity index (χ1v) is 8.49. The van der Waals surface area contributed by atoms with Gasteiger partial charge in [-0.2, -0.15) is 5.32 Å². The summed E-state index contributed by atoms with van der Waals surface area (Å²) in [5, 5.41) is 6.03. The molecular formula is C18H31N4O+. The molecule has 0 aromatic heterocycles. The van der Waals surface area contributed by atoms with Crippen LogP contribution in [0.2, 0.25) is 0 Å². The molecule has 0 heterocycles. The fourth-order valence-corrected chi connectivity index (χ4v) is 2.66. The van der Waals surface area contributed by atoms with Crippen LogP contribution in [0.5, 0.6) is 0 Å². The summed E-state index contributed by atoms with van der Waals surface area (Å²) in [6.45, 7) is 15.8. The number of rotatable bonds is 5. The van der Waals surface area contributed by atoms with E-state index in [2.05, 4.69) is 47.8 Å². The van der Waals surface area contributed by atoms with Gasteiger partial charge in [-0.15, -0.1) is 0 Å². The predicted octanol–water partition coefficient (Wildman–Crippen LogP) is 3.18. The Morgan fingerprint density at radius 1 is 1.04 bits per heavy atom. The number of para-hydroxylation sites is 1. The van der Waals surface area contributed by atoms with Gasteiger partial charge in [-0.1, -0.05) is 18.2 Å². The van der Waals surface area contributed by atoms with Crippen LogP contribution in [0.1, 0.15) is 38.8 Å². The average Bonchev–Trinajstić information content (AvgIpc) is 2.53. The molecule has 0 bridgehead atoms. The maximum absolute atomic E-state index is 12.5. The summed E-state index contributed by atoms with van der Waals surface area (Å²) in [6, 6.07) is 5.80. The Kier molecular flexibility index (Phi) is 7.59. The highest BCUT2D eigenvalue weighted by Crippen LogP contribution is 2.19. The number of nitrogens with zero attached hydrogens (tertiary/aromatic N) is 2. The third-order valence-corrected chi connectivity index (χ3v) is 4.07. The Bertz CT molecular complexity index is 536. The number of anilines is 1. The molecule has 128 valence electrons. The van der Waals surface area contributed by atoms with E-state index in [1.807, 2.05) is 32.0 Å². The van der Waals surface area contributed by atoms with Crippen LogP contribution in [-0.2, 0) is 0 Å².